The first-order valence-corrected chi connectivity index (χ1v) is 7.18. The van der Waals surface area contributed by atoms with Crippen LogP contribution in [-0.2, 0) is 10.9 Å². The molecule has 0 spiro atoms. The summed E-state index contributed by atoms with van der Waals surface area (Å²) in [6, 6.07) is 3.95. The predicted molar refractivity (Wildman–Crippen MR) is 78.7 cm³/mol. The van der Waals surface area contributed by atoms with Crippen LogP contribution in [0.5, 0.6) is 0 Å². The zero-order valence-electron chi connectivity index (χ0n) is 12.7. The molecular formula is C15H17F4N3O. The predicted octanol–water partition coefficient (Wildman–Crippen LogP) is 4.01. The molecule has 0 atom stereocenters. The first kappa shape index (κ1) is 17.4. The largest absolute Gasteiger partial charge is 0.451 e. The topological polar surface area (TPSA) is 47.0 Å². The molecule has 0 aliphatic rings. The Balaban J connectivity index is 2.25. The van der Waals surface area contributed by atoms with Crippen molar-refractivity contribution in [3.8, 4) is 0 Å². The van der Waals surface area contributed by atoms with Gasteiger partial charge in [-0.25, -0.2) is 14.4 Å². The van der Waals surface area contributed by atoms with Gasteiger partial charge >= 0.3 is 6.18 Å². The number of hydrogen-bond donors (Lipinski definition) is 1. The maximum atomic E-state index is 13.8. The molecule has 8 heteroatoms. The fraction of sp³-hybridized carbons (Fsp3) is 0.467. The quantitative estimate of drug-likeness (QED) is 0.642. The summed E-state index contributed by atoms with van der Waals surface area (Å²) in [7, 11) is 0. The van der Waals surface area contributed by atoms with E-state index in [-0.39, 0.29) is 22.8 Å². The Kier molecular flexibility index (Phi) is 5.35. The van der Waals surface area contributed by atoms with E-state index >= 15 is 0 Å². The molecule has 0 saturated heterocycles. The highest BCUT2D eigenvalue weighted by atomic mass is 19.4. The van der Waals surface area contributed by atoms with Crippen molar-refractivity contribution in [2.45, 2.75) is 32.5 Å². The molecule has 2 rings (SSSR count). The Labute approximate surface area is 130 Å². The second-order valence-electron chi connectivity index (χ2n) is 5.23. The number of nitrogens with one attached hydrogen (secondary N) is 1. The van der Waals surface area contributed by atoms with Crippen LogP contribution in [0.2, 0.25) is 0 Å². The molecule has 23 heavy (non-hydrogen) atoms. The standard InChI is InChI=1S/C15H17F4N3O/c1-9(2)23-8-4-7-20-13-10-5-3-6-11(16)12(10)21-14(22-13)15(17,18)19/h3,5-6,9H,4,7-8H2,1-2H3,(H,20,21,22). The van der Waals surface area contributed by atoms with Gasteiger partial charge in [-0.15, -0.1) is 0 Å². The number of hydrogen-bond acceptors (Lipinski definition) is 4. The van der Waals surface area contributed by atoms with Crippen molar-refractivity contribution in [1.82, 2.24) is 9.97 Å². The number of fused-ring (bicyclic) bond motifs is 1. The normalized spacial score (nSPS) is 12.1. The number of benzene rings is 1. The zero-order valence-corrected chi connectivity index (χ0v) is 12.7. The van der Waals surface area contributed by atoms with Gasteiger partial charge in [0.2, 0.25) is 5.82 Å². The summed E-state index contributed by atoms with van der Waals surface area (Å²) in [5.41, 5.74) is -0.351. The molecule has 0 aliphatic carbocycles. The lowest BCUT2D eigenvalue weighted by Gasteiger charge is -2.13. The molecule has 0 amide bonds. The minimum absolute atomic E-state index is 0.0358. The summed E-state index contributed by atoms with van der Waals surface area (Å²) < 4.78 is 57.7. The minimum Gasteiger partial charge on any atom is -0.379 e. The fourth-order valence-electron chi connectivity index (χ4n) is 1.98. The van der Waals surface area contributed by atoms with Gasteiger partial charge in [-0.2, -0.15) is 13.2 Å². The second kappa shape index (κ2) is 7.08. The van der Waals surface area contributed by atoms with Crippen LogP contribution in [-0.4, -0.2) is 29.2 Å². The van der Waals surface area contributed by atoms with Crippen molar-refractivity contribution in [3.05, 3.63) is 29.8 Å². The molecule has 126 valence electrons. The monoisotopic (exact) mass is 331 g/mol. The van der Waals surface area contributed by atoms with E-state index in [1.54, 1.807) is 0 Å². The van der Waals surface area contributed by atoms with Gasteiger partial charge in [0.15, 0.2) is 0 Å². The molecular weight excluding hydrogens is 314 g/mol. The number of nitrogens with zero attached hydrogens (tertiary/aromatic N) is 2. The Hall–Kier alpha value is -1.96. The van der Waals surface area contributed by atoms with Crippen molar-refractivity contribution in [3.63, 3.8) is 0 Å². The molecule has 0 saturated carbocycles. The lowest BCUT2D eigenvalue weighted by Crippen LogP contribution is -2.15. The first-order valence-electron chi connectivity index (χ1n) is 7.18. The summed E-state index contributed by atoms with van der Waals surface area (Å²) in [6.07, 6.45) is -4.07. The van der Waals surface area contributed by atoms with Crippen LogP contribution in [0.1, 0.15) is 26.1 Å². The van der Waals surface area contributed by atoms with E-state index in [2.05, 4.69) is 15.3 Å². The maximum absolute atomic E-state index is 13.8. The van der Waals surface area contributed by atoms with Crippen LogP contribution < -0.4 is 5.32 Å². The number of aromatic nitrogens is 2. The summed E-state index contributed by atoms with van der Waals surface area (Å²) in [6.45, 7) is 4.61. The summed E-state index contributed by atoms with van der Waals surface area (Å²) in [4.78, 5) is 6.79. The number of anilines is 1. The molecule has 2 aromatic rings. The second-order valence-corrected chi connectivity index (χ2v) is 5.23. The number of alkyl halides is 3. The summed E-state index contributed by atoms with van der Waals surface area (Å²) in [5.74, 6) is -2.22. The highest BCUT2D eigenvalue weighted by molar-refractivity contribution is 5.89. The minimum atomic E-state index is -4.74. The lowest BCUT2D eigenvalue weighted by atomic mass is 10.2. The SMILES string of the molecule is CC(C)OCCCNc1nc(C(F)(F)F)nc2c(F)cccc12. The summed E-state index contributed by atoms with van der Waals surface area (Å²) in [5, 5.41) is 3.01. The van der Waals surface area contributed by atoms with Crippen molar-refractivity contribution in [2.24, 2.45) is 0 Å². The van der Waals surface area contributed by atoms with Crippen molar-refractivity contribution < 1.29 is 22.3 Å². The number of ether oxygens (including phenoxy) is 1. The van der Waals surface area contributed by atoms with E-state index in [0.717, 1.165) is 6.07 Å². The van der Waals surface area contributed by atoms with Gasteiger partial charge in [0, 0.05) is 18.5 Å². The van der Waals surface area contributed by atoms with E-state index in [1.165, 1.54) is 12.1 Å². The average molecular weight is 331 g/mol. The van der Waals surface area contributed by atoms with Gasteiger partial charge in [0.1, 0.15) is 17.2 Å². The van der Waals surface area contributed by atoms with E-state index in [9.17, 15) is 17.6 Å². The third-order valence-electron chi connectivity index (χ3n) is 3.00. The van der Waals surface area contributed by atoms with Crippen molar-refractivity contribution in [1.29, 1.82) is 0 Å². The van der Waals surface area contributed by atoms with Crippen molar-refractivity contribution >= 4 is 16.7 Å². The molecule has 1 aromatic heterocycles. The van der Waals surface area contributed by atoms with Gasteiger partial charge in [0.25, 0.3) is 0 Å². The Morgan fingerprint density at radius 2 is 1.96 bits per heavy atom. The lowest BCUT2D eigenvalue weighted by molar-refractivity contribution is -0.144. The van der Waals surface area contributed by atoms with Gasteiger partial charge in [0.05, 0.1) is 6.10 Å². The molecule has 1 N–H and O–H groups in total. The fourth-order valence-corrected chi connectivity index (χ4v) is 1.98. The van der Waals surface area contributed by atoms with Gasteiger partial charge < -0.3 is 10.1 Å². The highest BCUT2D eigenvalue weighted by Crippen LogP contribution is 2.31. The van der Waals surface area contributed by atoms with Crippen LogP contribution >= 0.6 is 0 Å². The molecule has 0 aliphatic heterocycles. The molecule has 1 heterocycles. The Morgan fingerprint density at radius 3 is 2.61 bits per heavy atom. The first-order chi connectivity index (χ1) is 10.8. The van der Waals surface area contributed by atoms with Gasteiger partial charge in [-0.05, 0) is 32.4 Å². The Bertz CT molecular complexity index is 674. The number of halogens is 4. The van der Waals surface area contributed by atoms with Crippen LogP contribution in [0, 0.1) is 5.82 Å². The van der Waals surface area contributed by atoms with Crippen molar-refractivity contribution in [2.75, 3.05) is 18.5 Å². The zero-order chi connectivity index (χ0) is 17.0. The van der Waals surface area contributed by atoms with Gasteiger partial charge in [-0.3, -0.25) is 0 Å². The molecule has 1 aromatic carbocycles. The highest BCUT2D eigenvalue weighted by Gasteiger charge is 2.35. The van der Waals surface area contributed by atoms with Gasteiger partial charge in [-0.1, -0.05) is 6.07 Å². The third-order valence-corrected chi connectivity index (χ3v) is 3.00. The molecule has 0 radical (unpaired) electrons. The van der Waals surface area contributed by atoms with Crippen LogP contribution in [0.25, 0.3) is 10.9 Å². The van der Waals surface area contributed by atoms with E-state index in [1.807, 2.05) is 13.8 Å². The van der Waals surface area contributed by atoms with E-state index in [4.69, 9.17) is 4.74 Å². The number of rotatable bonds is 6. The molecule has 0 bridgehead atoms. The number of para-hydroxylation sites is 1. The molecule has 4 nitrogen and oxygen atoms in total. The van der Waals surface area contributed by atoms with Crippen LogP contribution in [0.15, 0.2) is 18.2 Å². The molecule has 0 fully saturated rings. The maximum Gasteiger partial charge on any atom is 0.451 e. The Morgan fingerprint density at radius 1 is 1.22 bits per heavy atom. The van der Waals surface area contributed by atoms with Crippen LogP contribution in [0.3, 0.4) is 0 Å². The average Bonchev–Trinajstić information content (AvgIpc) is 2.46. The van der Waals surface area contributed by atoms with E-state index < -0.39 is 17.8 Å². The van der Waals surface area contributed by atoms with E-state index in [0.29, 0.717) is 19.6 Å². The third kappa shape index (κ3) is 4.51. The van der Waals surface area contributed by atoms with Crippen LogP contribution in [0.4, 0.5) is 23.4 Å². The molecule has 0 unspecified atom stereocenters. The summed E-state index contributed by atoms with van der Waals surface area (Å²) >= 11 is 0. The smallest absolute Gasteiger partial charge is 0.379 e.